The molecule has 0 spiro atoms. The van der Waals surface area contributed by atoms with Crippen molar-refractivity contribution >= 4 is 17.7 Å². The van der Waals surface area contributed by atoms with Gasteiger partial charge in [0.15, 0.2) is 0 Å². The molecule has 0 N–H and O–H groups in total. The van der Waals surface area contributed by atoms with Crippen molar-refractivity contribution in [2.75, 3.05) is 7.11 Å². The van der Waals surface area contributed by atoms with E-state index in [9.17, 15) is 4.79 Å². The minimum Gasteiger partial charge on any atom is -0.465 e. The van der Waals surface area contributed by atoms with Crippen LogP contribution in [-0.4, -0.2) is 13.1 Å². The fraction of sp³-hybridized carbons (Fsp3) is 0.267. The molecule has 0 aliphatic heterocycles. The summed E-state index contributed by atoms with van der Waals surface area (Å²) in [6, 6.07) is 12.0. The quantitative estimate of drug-likeness (QED) is 0.778. The van der Waals surface area contributed by atoms with Gasteiger partial charge in [0.05, 0.1) is 12.9 Å². The lowest BCUT2D eigenvalue weighted by atomic mass is 10.2. The maximum Gasteiger partial charge on any atom is 0.341 e. The van der Waals surface area contributed by atoms with Crippen LogP contribution in [0.3, 0.4) is 0 Å². The van der Waals surface area contributed by atoms with Gasteiger partial charge in [-0.1, -0.05) is 30.3 Å². The Bertz CT molecular complexity index is 546. The fourth-order valence-electron chi connectivity index (χ4n) is 1.77. The number of aryl methyl sites for hydroxylation is 1. The summed E-state index contributed by atoms with van der Waals surface area (Å²) in [5, 5.41) is 0. The maximum atomic E-state index is 11.5. The molecule has 0 saturated heterocycles. The molecule has 0 atom stereocenters. The third-order valence-corrected chi connectivity index (χ3v) is 3.76. The van der Waals surface area contributed by atoms with E-state index in [1.54, 1.807) is 24.8 Å². The third kappa shape index (κ3) is 3.64. The Kier molecular flexibility index (Phi) is 4.68. The molecule has 100 valence electrons. The van der Waals surface area contributed by atoms with Gasteiger partial charge in [-0.05, 0) is 18.6 Å². The van der Waals surface area contributed by atoms with Crippen LogP contribution in [0.5, 0.6) is 0 Å². The third-order valence-electron chi connectivity index (χ3n) is 2.73. The molecule has 1 heterocycles. The second-order valence-electron chi connectivity index (χ2n) is 4.15. The summed E-state index contributed by atoms with van der Waals surface area (Å²) in [5.74, 6) is 2.74. The number of benzene rings is 1. The molecule has 0 fully saturated rings. The smallest absolute Gasteiger partial charge is 0.341 e. The van der Waals surface area contributed by atoms with Crippen LogP contribution in [0.4, 0.5) is 0 Å². The highest BCUT2D eigenvalue weighted by Gasteiger charge is 2.15. The SMILES string of the molecule is COC(=O)c1cc(CSCc2ccccc2)oc1C. The highest BCUT2D eigenvalue weighted by molar-refractivity contribution is 7.97. The largest absolute Gasteiger partial charge is 0.465 e. The number of hydrogen-bond donors (Lipinski definition) is 0. The molecule has 1 aromatic heterocycles. The molecule has 1 aromatic carbocycles. The Hall–Kier alpha value is -1.68. The van der Waals surface area contributed by atoms with Crippen LogP contribution in [0, 0.1) is 6.92 Å². The fourth-order valence-corrected chi connectivity index (χ4v) is 2.64. The lowest BCUT2D eigenvalue weighted by molar-refractivity contribution is 0.0599. The number of esters is 1. The first-order valence-electron chi connectivity index (χ1n) is 6.00. The monoisotopic (exact) mass is 276 g/mol. The zero-order valence-electron chi connectivity index (χ0n) is 11.0. The molecule has 0 unspecified atom stereocenters. The van der Waals surface area contributed by atoms with Crippen molar-refractivity contribution in [1.82, 2.24) is 0 Å². The van der Waals surface area contributed by atoms with Crippen LogP contribution in [0.15, 0.2) is 40.8 Å². The lowest BCUT2D eigenvalue weighted by Gasteiger charge is -1.99. The van der Waals surface area contributed by atoms with E-state index >= 15 is 0 Å². The molecule has 0 saturated carbocycles. The van der Waals surface area contributed by atoms with Gasteiger partial charge in [-0.3, -0.25) is 0 Å². The Balaban J connectivity index is 1.92. The van der Waals surface area contributed by atoms with Crippen molar-refractivity contribution in [3.05, 3.63) is 59.0 Å². The van der Waals surface area contributed by atoms with Crippen LogP contribution in [0.2, 0.25) is 0 Å². The molecule has 0 aliphatic rings. The van der Waals surface area contributed by atoms with E-state index in [0.29, 0.717) is 11.3 Å². The number of hydrogen-bond acceptors (Lipinski definition) is 4. The number of carbonyl (C=O) groups excluding carboxylic acids is 1. The Morgan fingerprint density at radius 1 is 1.26 bits per heavy atom. The average Bonchev–Trinajstić information content (AvgIpc) is 2.80. The molecule has 0 radical (unpaired) electrons. The maximum absolute atomic E-state index is 11.5. The Morgan fingerprint density at radius 3 is 2.68 bits per heavy atom. The molecule has 2 aromatic rings. The summed E-state index contributed by atoms with van der Waals surface area (Å²) in [5.41, 5.74) is 1.79. The van der Waals surface area contributed by atoms with E-state index in [1.165, 1.54) is 12.7 Å². The van der Waals surface area contributed by atoms with Crippen LogP contribution in [-0.2, 0) is 16.2 Å². The summed E-state index contributed by atoms with van der Waals surface area (Å²) in [6.07, 6.45) is 0. The Labute approximate surface area is 117 Å². The van der Waals surface area contributed by atoms with Gasteiger partial charge >= 0.3 is 5.97 Å². The topological polar surface area (TPSA) is 39.4 Å². The van der Waals surface area contributed by atoms with Crippen molar-refractivity contribution < 1.29 is 13.9 Å². The van der Waals surface area contributed by atoms with E-state index in [1.807, 2.05) is 18.2 Å². The van der Waals surface area contributed by atoms with Gasteiger partial charge in [0.25, 0.3) is 0 Å². The van der Waals surface area contributed by atoms with Gasteiger partial charge in [0, 0.05) is 5.75 Å². The van der Waals surface area contributed by atoms with Crippen LogP contribution < -0.4 is 0 Å². The highest BCUT2D eigenvalue weighted by Crippen LogP contribution is 2.22. The summed E-state index contributed by atoms with van der Waals surface area (Å²) >= 11 is 1.75. The Morgan fingerprint density at radius 2 is 2.00 bits per heavy atom. The first-order chi connectivity index (χ1) is 9.20. The molecular formula is C15H16O3S. The van der Waals surface area contributed by atoms with Crippen molar-refractivity contribution in [3.8, 4) is 0 Å². The molecule has 0 amide bonds. The molecule has 2 rings (SSSR count). The van der Waals surface area contributed by atoms with Crippen LogP contribution in [0.25, 0.3) is 0 Å². The molecular weight excluding hydrogens is 260 g/mol. The van der Waals surface area contributed by atoms with Gasteiger partial charge in [-0.2, -0.15) is 0 Å². The van der Waals surface area contributed by atoms with E-state index < -0.39 is 0 Å². The van der Waals surface area contributed by atoms with Crippen molar-refractivity contribution in [2.24, 2.45) is 0 Å². The van der Waals surface area contributed by atoms with Crippen molar-refractivity contribution in [2.45, 2.75) is 18.4 Å². The predicted octanol–water partition coefficient (Wildman–Crippen LogP) is 3.81. The number of methoxy groups -OCH3 is 1. The molecule has 4 heteroatoms. The molecule has 3 nitrogen and oxygen atoms in total. The summed E-state index contributed by atoms with van der Waals surface area (Å²) in [7, 11) is 1.37. The van der Waals surface area contributed by atoms with Crippen molar-refractivity contribution in [3.63, 3.8) is 0 Å². The number of rotatable bonds is 5. The summed E-state index contributed by atoms with van der Waals surface area (Å²) in [4.78, 5) is 11.5. The van der Waals surface area contributed by atoms with Gasteiger partial charge in [0.2, 0.25) is 0 Å². The van der Waals surface area contributed by atoms with Crippen LogP contribution in [0.1, 0.15) is 27.4 Å². The average molecular weight is 276 g/mol. The lowest BCUT2D eigenvalue weighted by Crippen LogP contribution is -2.00. The normalized spacial score (nSPS) is 10.4. The van der Waals surface area contributed by atoms with Gasteiger partial charge in [-0.25, -0.2) is 4.79 Å². The van der Waals surface area contributed by atoms with E-state index in [0.717, 1.165) is 17.3 Å². The zero-order valence-corrected chi connectivity index (χ0v) is 11.8. The first kappa shape index (κ1) is 13.7. The van der Waals surface area contributed by atoms with Crippen molar-refractivity contribution in [1.29, 1.82) is 0 Å². The minimum absolute atomic E-state index is 0.347. The predicted molar refractivity (Wildman–Crippen MR) is 76.2 cm³/mol. The van der Waals surface area contributed by atoms with E-state index in [2.05, 4.69) is 12.1 Å². The highest BCUT2D eigenvalue weighted by atomic mass is 32.2. The number of thioether (sulfide) groups is 1. The number of furan rings is 1. The van der Waals surface area contributed by atoms with Gasteiger partial charge in [0.1, 0.15) is 17.1 Å². The van der Waals surface area contributed by atoms with Gasteiger partial charge in [-0.15, -0.1) is 11.8 Å². The molecule has 19 heavy (non-hydrogen) atoms. The minimum atomic E-state index is -0.347. The van der Waals surface area contributed by atoms with E-state index in [4.69, 9.17) is 9.15 Å². The standard InChI is InChI=1S/C15H16O3S/c1-11-14(15(16)17-2)8-13(18-11)10-19-9-12-6-4-3-5-7-12/h3-8H,9-10H2,1-2H3. The first-order valence-corrected chi connectivity index (χ1v) is 7.15. The van der Waals surface area contributed by atoms with Crippen LogP contribution >= 0.6 is 11.8 Å². The summed E-state index contributed by atoms with van der Waals surface area (Å²) < 4.78 is 10.3. The molecule has 0 aliphatic carbocycles. The summed E-state index contributed by atoms with van der Waals surface area (Å²) in [6.45, 7) is 1.78. The van der Waals surface area contributed by atoms with Gasteiger partial charge < -0.3 is 9.15 Å². The zero-order chi connectivity index (χ0) is 13.7. The second-order valence-corrected chi connectivity index (χ2v) is 5.14. The molecule has 0 bridgehead atoms. The number of ether oxygens (including phenoxy) is 1. The second kappa shape index (κ2) is 6.48. The van der Waals surface area contributed by atoms with E-state index in [-0.39, 0.29) is 5.97 Å². The number of carbonyl (C=O) groups is 1.